The van der Waals surface area contributed by atoms with Crippen molar-refractivity contribution in [3.05, 3.63) is 67.5 Å². The summed E-state index contributed by atoms with van der Waals surface area (Å²) in [6.45, 7) is 6.04. The number of anilines is 1. The van der Waals surface area contributed by atoms with Crippen molar-refractivity contribution < 1.29 is 9.72 Å². The van der Waals surface area contributed by atoms with Crippen molar-refractivity contribution in [1.29, 1.82) is 0 Å². The zero-order chi connectivity index (χ0) is 21.0. The molecule has 0 unspecified atom stereocenters. The zero-order valence-electron chi connectivity index (χ0n) is 15.9. The highest BCUT2D eigenvalue weighted by atomic mass is 79.9. The van der Waals surface area contributed by atoms with Crippen LogP contribution >= 0.6 is 27.3 Å². The van der Waals surface area contributed by atoms with E-state index in [2.05, 4.69) is 45.2 Å². The molecule has 0 aliphatic carbocycles. The van der Waals surface area contributed by atoms with Crippen LogP contribution in [0.2, 0.25) is 0 Å². The molecule has 150 valence electrons. The number of carbonyl (C=O) groups excluding carboxylic acids is 1. The second-order valence-corrected chi connectivity index (χ2v) is 8.11. The molecule has 1 aromatic heterocycles. The molecule has 0 spiro atoms. The minimum atomic E-state index is -0.454. The van der Waals surface area contributed by atoms with Crippen molar-refractivity contribution in [1.82, 2.24) is 5.43 Å². The number of benzene rings is 2. The Bertz CT molecular complexity index is 1090. The Hall–Kier alpha value is -2.78. The smallest absolute Gasteiger partial charge is 0.281 e. The number of nitro groups is 1. The van der Waals surface area contributed by atoms with E-state index in [9.17, 15) is 14.9 Å². The topological polar surface area (TPSA) is 87.8 Å². The number of non-ortho nitro benzene ring substituents is 1. The first-order valence-corrected chi connectivity index (χ1v) is 10.6. The number of hydrogen-bond acceptors (Lipinski definition) is 6. The predicted octanol–water partition coefficient (Wildman–Crippen LogP) is 5.18. The predicted molar refractivity (Wildman–Crippen MR) is 121 cm³/mol. The lowest BCUT2D eigenvalue weighted by atomic mass is 10.2. The Morgan fingerprint density at radius 2 is 2.00 bits per heavy atom. The first-order chi connectivity index (χ1) is 13.9. The van der Waals surface area contributed by atoms with E-state index in [1.807, 2.05) is 18.2 Å². The molecule has 29 heavy (non-hydrogen) atoms. The third-order valence-electron chi connectivity index (χ3n) is 4.39. The fourth-order valence-electron chi connectivity index (χ4n) is 2.90. The number of fused-ring (bicyclic) bond motifs is 1. The van der Waals surface area contributed by atoms with Gasteiger partial charge in [0.15, 0.2) is 0 Å². The van der Waals surface area contributed by atoms with Crippen LogP contribution in [0.15, 0.2) is 52.0 Å². The van der Waals surface area contributed by atoms with Crippen LogP contribution in [0.4, 0.5) is 11.4 Å². The number of nitrogens with one attached hydrogen (secondary N) is 1. The van der Waals surface area contributed by atoms with Gasteiger partial charge in [0.2, 0.25) is 0 Å². The molecular formula is C20H19BrN4O3S. The van der Waals surface area contributed by atoms with Crippen molar-refractivity contribution in [3.8, 4) is 0 Å². The van der Waals surface area contributed by atoms with Gasteiger partial charge in [0.1, 0.15) is 0 Å². The molecule has 0 aliphatic heterocycles. The summed E-state index contributed by atoms with van der Waals surface area (Å²) in [5.74, 6) is -0.357. The first-order valence-electron chi connectivity index (χ1n) is 8.98. The second-order valence-electron chi connectivity index (χ2n) is 6.17. The Labute approximate surface area is 180 Å². The molecule has 9 heteroatoms. The SMILES string of the molecule is CCN(CC)c1ccc(C=NNC(=O)c2cc3cc([N+](=O)[O-])ccc3s2)cc1Br. The third-order valence-corrected chi connectivity index (χ3v) is 6.14. The lowest BCUT2D eigenvalue weighted by Gasteiger charge is -2.22. The molecule has 0 radical (unpaired) electrons. The molecule has 0 atom stereocenters. The number of halogens is 1. The van der Waals surface area contributed by atoms with Gasteiger partial charge in [-0.3, -0.25) is 14.9 Å². The van der Waals surface area contributed by atoms with Gasteiger partial charge in [0.05, 0.1) is 21.7 Å². The molecule has 7 nitrogen and oxygen atoms in total. The number of nitrogens with zero attached hydrogens (tertiary/aromatic N) is 3. The van der Waals surface area contributed by atoms with Gasteiger partial charge in [-0.15, -0.1) is 11.3 Å². The lowest BCUT2D eigenvalue weighted by molar-refractivity contribution is -0.384. The number of thiophene rings is 1. The number of hydrazone groups is 1. The van der Waals surface area contributed by atoms with Gasteiger partial charge in [0.25, 0.3) is 11.6 Å². The number of amides is 1. The average molecular weight is 475 g/mol. The van der Waals surface area contributed by atoms with Gasteiger partial charge >= 0.3 is 0 Å². The van der Waals surface area contributed by atoms with Crippen LogP contribution < -0.4 is 10.3 Å². The van der Waals surface area contributed by atoms with Crippen molar-refractivity contribution in [2.75, 3.05) is 18.0 Å². The van der Waals surface area contributed by atoms with Gasteiger partial charge in [-0.1, -0.05) is 6.07 Å². The maximum Gasteiger partial charge on any atom is 0.281 e. The quantitative estimate of drug-likeness (QED) is 0.290. The fraction of sp³-hybridized carbons (Fsp3) is 0.200. The monoisotopic (exact) mass is 474 g/mol. The average Bonchev–Trinajstić information content (AvgIpc) is 3.13. The molecule has 1 N–H and O–H groups in total. The number of nitro benzene ring substituents is 1. The fourth-order valence-corrected chi connectivity index (χ4v) is 4.48. The third kappa shape index (κ3) is 4.80. The Morgan fingerprint density at radius 3 is 2.66 bits per heavy atom. The molecule has 0 saturated carbocycles. The van der Waals surface area contributed by atoms with Crippen LogP contribution in [-0.2, 0) is 0 Å². The Balaban J connectivity index is 1.70. The summed E-state index contributed by atoms with van der Waals surface area (Å²) in [6, 6.07) is 12.1. The van der Waals surface area contributed by atoms with Gasteiger partial charge < -0.3 is 4.90 Å². The van der Waals surface area contributed by atoms with E-state index in [0.29, 0.717) is 10.3 Å². The summed E-state index contributed by atoms with van der Waals surface area (Å²) in [5, 5.41) is 15.6. The van der Waals surface area contributed by atoms with Crippen molar-refractivity contribution in [2.24, 2.45) is 5.10 Å². The summed E-state index contributed by atoms with van der Waals surface area (Å²) in [5.41, 5.74) is 4.46. The van der Waals surface area contributed by atoms with Gasteiger partial charge in [-0.05, 0) is 59.6 Å². The van der Waals surface area contributed by atoms with E-state index in [0.717, 1.165) is 33.5 Å². The van der Waals surface area contributed by atoms with Crippen molar-refractivity contribution in [3.63, 3.8) is 0 Å². The van der Waals surface area contributed by atoms with Crippen molar-refractivity contribution in [2.45, 2.75) is 13.8 Å². The van der Waals surface area contributed by atoms with E-state index < -0.39 is 4.92 Å². The van der Waals surface area contributed by atoms with Gasteiger partial charge in [-0.25, -0.2) is 5.43 Å². The number of carbonyl (C=O) groups is 1. The van der Waals surface area contributed by atoms with E-state index in [-0.39, 0.29) is 11.6 Å². The molecule has 0 aliphatic rings. The minimum Gasteiger partial charge on any atom is -0.371 e. The standard InChI is InChI=1S/C20H19BrN4O3S/c1-3-24(4-2)17-7-5-13(9-16(17)21)12-22-23-20(26)19-11-14-10-15(25(27)28)6-8-18(14)29-19/h5-12H,3-4H2,1-2H3,(H,23,26). The van der Waals surface area contributed by atoms with E-state index in [1.54, 1.807) is 18.3 Å². The highest BCUT2D eigenvalue weighted by Gasteiger charge is 2.13. The molecule has 1 heterocycles. The molecule has 0 bridgehead atoms. The summed E-state index contributed by atoms with van der Waals surface area (Å²) < 4.78 is 1.77. The van der Waals surface area contributed by atoms with E-state index >= 15 is 0 Å². The molecular weight excluding hydrogens is 456 g/mol. The number of rotatable bonds is 7. The molecule has 0 saturated heterocycles. The van der Waals surface area contributed by atoms with Crippen LogP contribution in [0.5, 0.6) is 0 Å². The van der Waals surface area contributed by atoms with Crippen molar-refractivity contribution >= 4 is 60.8 Å². The highest BCUT2D eigenvalue weighted by molar-refractivity contribution is 9.10. The van der Waals surface area contributed by atoms with Crippen LogP contribution in [0.3, 0.4) is 0 Å². The van der Waals surface area contributed by atoms with Crippen LogP contribution in [0, 0.1) is 10.1 Å². The maximum atomic E-state index is 12.3. The molecule has 1 amide bonds. The van der Waals surface area contributed by atoms with Crippen LogP contribution in [-0.4, -0.2) is 30.1 Å². The minimum absolute atomic E-state index is 0.000913. The molecule has 0 fully saturated rings. The molecule has 2 aromatic carbocycles. The largest absolute Gasteiger partial charge is 0.371 e. The Kier molecular flexibility index (Phi) is 6.60. The summed E-state index contributed by atoms with van der Waals surface area (Å²) in [6.07, 6.45) is 1.58. The van der Waals surface area contributed by atoms with Crippen LogP contribution in [0.1, 0.15) is 29.1 Å². The first kappa shape index (κ1) is 20.9. The normalized spacial score (nSPS) is 11.1. The highest BCUT2D eigenvalue weighted by Crippen LogP contribution is 2.29. The van der Waals surface area contributed by atoms with Gasteiger partial charge in [0, 0.05) is 39.8 Å². The maximum absolute atomic E-state index is 12.3. The Morgan fingerprint density at radius 1 is 1.24 bits per heavy atom. The lowest BCUT2D eigenvalue weighted by Crippen LogP contribution is -2.22. The van der Waals surface area contributed by atoms with E-state index in [1.165, 1.54) is 23.5 Å². The molecule has 3 aromatic rings. The molecule has 3 rings (SSSR count). The zero-order valence-corrected chi connectivity index (χ0v) is 18.3. The second kappa shape index (κ2) is 9.15. The van der Waals surface area contributed by atoms with E-state index in [4.69, 9.17) is 0 Å². The summed E-state index contributed by atoms with van der Waals surface area (Å²) in [7, 11) is 0. The summed E-state index contributed by atoms with van der Waals surface area (Å²) in [4.78, 5) is 25.5. The van der Waals surface area contributed by atoms with Crippen LogP contribution in [0.25, 0.3) is 10.1 Å². The summed E-state index contributed by atoms with van der Waals surface area (Å²) >= 11 is 4.85. The van der Waals surface area contributed by atoms with Gasteiger partial charge in [-0.2, -0.15) is 5.10 Å². The number of hydrogen-bond donors (Lipinski definition) is 1.